The summed E-state index contributed by atoms with van der Waals surface area (Å²) >= 11 is 0. The van der Waals surface area contributed by atoms with Gasteiger partial charge in [0.15, 0.2) is 5.82 Å². The molecule has 0 amide bonds. The van der Waals surface area contributed by atoms with Crippen LogP contribution in [0.15, 0.2) is 12.3 Å². The molecule has 0 atom stereocenters. The van der Waals surface area contributed by atoms with Crippen molar-refractivity contribution in [3.8, 4) is 0 Å². The van der Waals surface area contributed by atoms with E-state index in [1.807, 2.05) is 0 Å². The van der Waals surface area contributed by atoms with Gasteiger partial charge in [0.2, 0.25) is 0 Å². The quantitative estimate of drug-likeness (QED) is 0.681. The van der Waals surface area contributed by atoms with E-state index in [0.29, 0.717) is 0 Å². The van der Waals surface area contributed by atoms with Crippen molar-refractivity contribution in [2.24, 2.45) is 0 Å². The van der Waals surface area contributed by atoms with Gasteiger partial charge in [0, 0.05) is 6.20 Å². The molecule has 2 rings (SSSR count). The number of H-pyrrole nitrogens is 1. The van der Waals surface area contributed by atoms with Gasteiger partial charge in [-0.15, -0.1) is 0 Å². The highest BCUT2D eigenvalue weighted by Crippen LogP contribution is 2.30. The van der Waals surface area contributed by atoms with Crippen molar-refractivity contribution in [1.82, 2.24) is 15.2 Å². The third kappa shape index (κ3) is 1.26. The average molecular weight is 202 g/mol. The first kappa shape index (κ1) is 8.79. The number of aromatic nitrogens is 3. The maximum absolute atomic E-state index is 12.2. The minimum atomic E-state index is -4.40. The van der Waals surface area contributed by atoms with Crippen molar-refractivity contribution in [2.75, 3.05) is 5.73 Å². The highest BCUT2D eigenvalue weighted by Gasteiger charge is 2.31. The number of nitrogen functional groups attached to an aromatic ring is 1. The third-order valence-electron chi connectivity index (χ3n) is 1.75. The second-order valence-corrected chi connectivity index (χ2v) is 2.73. The molecule has 0 aliphatic heterocycles. The second kappa shape index (κ2) is 2.60. The number of halogens is 3. The topological polar surface area (TPSA) is 67.6 Å². The van der Waals surface area contributed by atoms with Crippen LogP contribution in [-0.4, -0.2) is 15.2 Å². The van der Waals surface area contributed by atoms with Gasteiger partial charge in [-0.1, -0.05) is 0 Å². The minimum absolute atomic E-state index is 0.0914. The average Bonchev–Trinajstić information content (AvgIpc) is 2.46. The fourth-order valence-electron chi connectivity index (χ4n) is 1.08. The number of pyridine rings is 1. The summed E-state index contributed by atoms with van der Waals surface area (Å²) in [5.74, 6) is 0.0914. The van der Waals surface area contributed by atoms with E-state index in [0.717, 1.165) is 12.3 Å². The summed E-state index contributed by atoms with van der Waals surface area (Å²) in [4.78, 5) is 3.57. The number of anilines is 1. The van der Waals surface area contributed by atoms with Crippen LogP contribution >= 0.6 is 0 Å². The molecule has 0 aromatic carbocycles. The Morgan fingerprint density at radius 2 is 2.07 bits per heavy atom. The molecule has 0 spiro atoms. The lowest BCUT2D eigenvalue weighted by atomic mass is 10.2. The Morgan fingerprint density at radius 3 is 2.71 bits per heavy atom. The van der Waals surface area contributed by atoms with Gasteiger partial charge in [-0.05, 0) is 6.07 Å². The van der Waals surface area contributed by atoms with Crippen LogP contribution in [0.3, 0.4) is 0 Å². The van der Waals surface area contributed by atoms with Crippen LogP contribution in [0.2, 0.25) is 0 Å². The van der Waals surface area contributed by atoms with E-state index in [2.05, 4.69) is 15.2 Å². The number of hydrogen-bond acceptors (Lipinski definition) is 3. The van der Waals surface area contributed by atoms with Crippen molar-refractivity contribution in [3.05, 3.63) is 17.8 Å². The number of hydrogen-bond donors (Lipinski definition) is 2. The number of rotatable bonds is 0. The predicted octanol–water partition coefficient (Wildman–Crippen LogP) is 1.56. The Bertz CT molecular complexity index is 473. The van der Waals surface area contributed by atoms with Crippen LogP contribution in [0.25, 0.3) is 11.0 Å². The first-order chi connectivity index (χ1) is 6.48. The smallest absolute Gasteiger partial charge is 0.380 e. The second-order valence-electron chi connectivity index (χ2n) is 2.73. The molecule has 0 unspecified atom stereocenters. The Kier molecular flexibility index (Phi) is 1.63. The fraction of sp³-hybridized carbons (Fsp3) is 0.143. The van der Waals surface area contributed by atoms with Crippen molar-refractivity contribution in [2.45, 2.75) is 6.18 Å². The largest absolute Gasteiger partial charge is 0.417 e. The molecule has 0 fully saturated rings. The molecule has 74 valence electrons. The third-order valence-corrected chi connectivity index (χ3v) is 1.75. The zero-order chi connectivity index (χ0) is 10.3. The maximum atomic E-state index is 12.2. The van der Waals surface area contributed by atoms with E-state index in [9.17, 15) is 13.2 Å². The molecule has 2 aromatic rings. The molecule has 3 N–H and O–H groups in total. The van der Waals surface area contributed by atoms with Crippen LogP contribution in [0.4, 0.5) is 19.0 Å². The van der Waals surface area contributed by atoms with Crippen LogP contribution in [0.1, 0.15) is 5.56 Å². The zero-order valence-electron chi connectivity index (χ0n) is 6.76. The Balaban J connectivity index is 2.63. The summed E-state index contributed by atoms with van der Waals surface area (Å²) in [5.41, 5.74) is 4.95. The normalized spacial score (nSPS) is 12.2. The zero-order valence-corrected chi connectivity index (χ0v) is 6.76. The summed E-state index contributed by atoms with van der Waals surface area (Å²) < 4.78 is 36.7. The van der Waals surface area contributed by atoms with Crippen LogP contribution < -0.4 is 5.73 Å². The Morgan fingerprint density at radius 1 is 1.36 bits per heavy atom. The van der Waals surface area contributed by atoms with Gasteiger partial charge in [0.1, 0.15) is 5.52 Å². The van der Waals surface area contributed by atoms with Gasteiger partial charge in [0.05, 0.1) is 11.1 Å². The van der Waals surface area contributed by atoms with E-state index in [-0.39, 0.29) is 16.9 Å². The molecule has 7 heteroatoms. The number of aromatic amines is 1. The van der Waals surface area contributed by atoms with Crippen molar-refractivity contribution in [1.29, 1.82) is 0 Å². The van der Waals surface area contributed by atoms with Gasteiger partial charge in [0.25, 0.3) is 0 Å². The number of alkyl halides is 3. The molecule has 14 heavy (non-hydrogen) atoms. The van der Waals surface area contributed by atoms with Gasteiger partial charge < -0.3 is 5.73 Å². The molecule has 0 saturated carbocycles. The lowest BCUT2D eigenvalue weighted by Crippen LogP contribution is -2.05. The summed E-state index contributed by atoms with van der Waals surface area (Å²) in [5, 5.41) is 5.90. The van der Waals surface area contributed by atoms with Crippen molar-refractivity contribution in [3.63, 3.8) is 0 Å². The molecule has 0 aliphatic carbocycles. The Labute approximate surface area is 75.9 Å². The first-order valence-corrected chi connectivity index (χ1v) is 3.65. The fourth-order valence-corrected chi connectivity index (χ4v) is 1.08. The molecular formula is C7H5F3N4. The van der Waals surface area contributed by atoms with Crippen LogP contribution in [-0.2, 0) is 6.18 Å². The molecule has 0 bridgehead atoms. The maximum Gasteiger partial charge on any atom is 0.417 e. The summed E-state index contributed by atoms with van der Waals surface area (Å²) in [6.07, 6.45) is -3.67. The summed E-state index contributed by atoms with van der Waals surface area (Å²) in [6.45, 7) is 0. The lowest BCUT2D eigenvalue weighted by Gasteiger charge is -2.04. The molecule has 4 nitrogen and oxygen atoms in total. The first-order valence-electron chi connectivity index (χ1n) is 3.65. The Hall–Kier alpha value is -1.79. The molecule has 0 saturated heterocycles. The van der Waals surface area contributed by atoms with Gasteiger partial charge in [-0.2, -0.15) is 18.3 Å². The minimum Gasteiger partial charge on any atom is -0.380 e. The predicted molar refractivity (Wildman–Crippen MR) is 43.3 cm³/mol. The number of nitrogens with one attached hydrogen (secondary N) is 1. The molecule has 2 heterocycles. The summed E-state index contributed by atoms with van der Waals surface area (Å²) in [6, 6.07) is 0.922. The highest BCUT2D eigenvalue weighted by atomic mass is 19.4. The van der Waals surface area contributed by atoms with Gasteiger partial charge in [-0.3, -0.25) is 10.1 Å². The van der Waals surface area contributed by atoms with Gasteiger partial charge in [-0.25, -0.2) is 0 Å². The highest BCUT2D eigenvalue weighted by molar-refractivity contribution is 5.84. The van der Waals surface area contributed by atoms with E-state index in [1.165, 1.54) is 0 Å². The number of nitrogens with zero attached hydrogens (tertiary/aromatic N) is 2. The number of nitrogens with two attached hydrogens (primary N) is 1. The van der Waals surface area contributed by atoms with Crippen molar-refractivity contribution >= 4 is 16.9 Å². The molecule has 0 aliphatic rings. The standard InChI is InChI=1S/C7H5F3N4/c8-7(9,10)3-1-4-5(12-2-3)6(11)14-13-4/h1-2H,(H3,11,13,14). The van der Waals surface area contributed by atoms with E-state index < -0.39 is 11.7 Å². The van der Waals surface area contributed by atoms with Crippen LogP contribution in [0.5, 0.6) is 0 Å². The van der Waals surface area contributed by atoms with E-state index >= 15 is 0 Å². The van der Waals surface area contributed by atoms with Crippen molar-refractivity contribution < 1.29 is 13.2 Å². The van der Waals surface area contributed by atoms with E-state index in [1.54, 1.807) is 0 Å². The SMILES string of the molecule is Nc1n[nH]c2cc(C(F)(F)F)cnc12. The molecular weight excluding hydrogens is 197 g/mol. The summed E-state index contributed by atoms with van der Waals surface area (Å²) in [7, 11) is 0. The van der Waals surface area contributed by atoms with Crippen LogP contribution in [0, 0.1) is 0 Å². The molecule has 0 radical (unpaired) electrons. The van der Waals surface area contributed by atoms with E-state index in [4.69, 9.17) is 5.73 Å². The molecule has 2 aromatic heterocycles. The number of fused-ring (bicyclic) bond motifs is 1. The van der Waals surface area contributed by atoms with Gasteiger partial charge >= 0.3 is 6.18 Å². The lowest BCUT2D eigenvalue weighted by molar-refractivity contribution is -0.137. The monoisotopic (exact) mass is 202 g/mol.